The predicted molar refractivity (Wildman–Crippen MR) is 77.3 cm³/mol. The number of rotatable bonds is 4. The molecule has 0 radical (unpaired) electrons. The lowest BCUT2D eigenvalue weighted by molar-refractivity contribution is 0.336. The van der Waals surface area contributed by atoms with Gasteiger partial charge < -0.3 is 5.73 Å². The van der Waals surface area contributed by atoms with Crippen molar-refractivity contribution in [1.29, 1.82) is 5.26 Å². The van der Waals surface area contributed by atoms with Crippen LogP contribution in [0.5, 0.6) is 0 Å². The van der Waals surface area contributed by atoms with Crippen LogP contribution in [-0.4, -0.2) is 15.0 Å². The van der Waals surface area contributed by atoms with Gasteiger partial charge in [-0.15, -0.1) is 0 Å². The number of nitrogens with zero attached hydrogens (tertiary/aromatic N) is 1. The lowest BCUT2D eigenvalue weighted by atomic mass is 9.89. The molecular weight excluding hydrogens is 274 g/mol. The SMILES string of the molecule is CC1(CNS(=O)(=O)c2ccc(N)cc2C#N)CCCC1. The topological polar surface area (TPSA) is 96.0 Å². The van der Waals surface area contributed by atoms with Gasteiger partial charge in [0.1, 0.15) is 6.07 Å². The standard InChI is InChI=1S/C14H19N3O2S/c1-14(6-2-3-7-14)10-17-20(18,19)13-5-4-12(16)8-11(13)9-15/h4-5,8,17H,2-3,6-7,10,16H2,1H3. The zero-order valence-electron chi connectivity index (χ0n) is 11.5. The molecule has 1 aliphatic rings. The number of nitrogens with two attached hydrogens (primary N) is 1. The summed E-state index contributed by atoms with van der Waals surface area (Å²) in [6.07, 6.45) is 4.35. The van der Waals surface area contributed by atoms with E-state index in [-0.39, 0.29) is 15.9 Å². The Balaban J connectivity index is 2.21. The predicted octanol–water partition coefficient (Wildman–Crippen LogP) is 2.00. The van der Waals surface area contributed by atoms with Crippen molar-refractivity contribution in [1.82, 2.24) is 4.72 Å². The minimum atomic E-state index is -3.67. The van der Waals surface area contributed by atoms with Crippen molar-refractivity contribution in [3.05, 3.63) is 23.8 Å². The van der Waals surface area contributed by atoms with Gasteiger partial charge in [-0.1, -0.05) is 19.8 Å². The van der Waals surface area contributed by atoms with Crippen LogP contribution in [0.15, 0.2) is 23.1 Å². The fraction of sp³-hybridized carbons (Fsp3) is 0.500. The number of sulfonamides is 1. The Kier molecular flexibility index (Phi) is 4.02. The normalized spacial score (nSPS) is 17.8. The highest BCUT2D eigenvalue weighted by atomic mass is 32.2. The molecule has 20 heavy (non-hydrogen) atoms. The summed E-state index contributed by atoms with van der Waals surface area (Å²) in [4.78, 5) is -0.00389. The Morgan fingerprint density at radius 2 is 2.05 bits per heavy atom. The van der Waals surface area contributed by atoms with E-state index in [9.17, 15) is 8.42 Å². The fourth-order valence-corrected chi connectivity index (χ4v) is 3.96. The molecule has 0 heterocycles. The summed E-state index contributed by atoms with van der Waals surface area (Å²) in [6.45, 7) is 2.50. The first-order valence-electron chi connectivity index (χ1n) is 6.66. The smallest absolute Gasteiger partial charge is 0.241 e. The molecule has 6 heteroatoms. The van der Waals surface area contributed by atoms with E-state index in [1.807, 2.05) is 6.07 Å². The summed E-state index contributed by atoms with van der Waals surface area (Å²) in [5.74, 6) is 0. The first-order valence-corrected chi connectivity index (χ1v) is 8.14. The van der Waals surface area contributed by atoms with Gasteiger partial charge >= 0.3 is 0 Å². The number of hydrogen-bond donors (Lipinski definition) is 2. The summed E-state index contributed by atoms with van der Waals surface area (Å²) in [6, 6.07) is 6.14. The van der Waals surface area contributed by atoms with Gasteiger partial charge in [0, 0.05) is 12.2 Å². The summed E-state index contributed by atoms with van der Waals surface area (Å²) in [7, 11) is -3.67. The maximum Gasteiger partial charge on any atom is 0.241 e. The molecule has 2 rings (SSSR count). The lowest BCUT2D eigenvalue weighted by Gasteiger charge is -2.23. The first-order chi connectivity index (χ1) is 9.36. The van der Waals surface area contributed by atoms with Crippen LogP contribution in [-0.2, 0) is 10.0 Å². The minimum absolute atomic E-state index is 0.00389. The molecule has 1 saturated carbocycles. The molecule has 1 aromatic carbocycles. The number of nitriles is 1. The van der Waals surface area contributed by atoms with Crippen molar-refractivity contribution in [2.45, 2.75) is 37.5 Å². The molecule has 1 aliphatic carbocycles. The molecular formula is C14H19N3O2S. The number of nitrogens with one attached hydrogen (secondary N) is 1. The molecule has 0 aliphatic heterocycles. The minimum Gasteiger partial charge on any atom is -0.399 e. The third kappa shape index (κ3) is 3.11. The van der Waals surface area contributed by atoms with Gasteiger partial charge in [0.05, 0.1) is 10.5 Å². The van der Waals surface area contributed by atoms with Crippen molar-refractivity contribution in [3.63, 3.8) is 0 Å². The number of anilines is 1. The van der Waals surface area contributed by atoms with Crippen molar-refractivity contribution in [3.8, 4) is 6.07 Å². The molecule has 0 unspecified atom stereocenters. The Morgan fingerprint density at radius 3 is 2.65 bits per heavy atom. The second kappa shape index (κ2) is 5.43. The van der Waals surface area contributed by atoms with Gasteiger partial charge in [0.2, 0.25) is 10.0 Å². The fourth-order valence-electron chi connectivity index (χ4n) is 2.62. The van der Waals surface area contributed by atoms with E-state index < -0.39 is 10.0 Å². The second-order valence-electron chi connectivity index (χ2n) is 5.71. The first kappa shape index (κ1) is 14.8. The molecule has 108 valence electrons. The van der Waals surface area contributed by atoms with E-state index in [1.165, 1.54) is 18.2 Å². The van der Waals surface area contributed by atoms with Gasteiger partial charge in [-0.25, -0.2) is 13.1 Å². The van der Waals surface area contributed by atoms with Crippen molar-refractivity contribution < 1.29 is 8.42 Å². The summed E-state index contributed by atoms with van der Waals surface area (Å²) in [5, 5.41) is 9.04. The molecule has 0 bridgehead atoms. The van der Waals surface area contributed by atoms with E-state index in [0.717, 1.165) is 25.7 Å². The van der Waals surface area contributed by atoms with Crippen LogP contribution in [0.3, 0.4) is 0 Å². The summed E-state index contributed by atoms with van der Waals surface area (Å²) < 4.78 is 27.3. The van der Waals surface area contributed by atoms with E-state index in [4.69, 9.17) is 11.0 Å². The van der Waals surface area contributed by atoms with Crippen LogP contribution < -0.4 is 10.5 Å². The highest BCUT2D eigenvalue weighted by Gasteiger charge is 2.30. The monoisotopic (exact) mass is 293 g/mol. The Bertz CT molecular complexity index is 641. The Morgan fingerprint density at radius 1 is 1.40 bits per heavy atom. The third-order valence-electron chi connectivity index (χ3n) is 3.91. The number of benzene rings is 1. The largest absolute Gasteiger partial charge is 0.399 e. The maximum atomic E-state index is 12.3. The quantitative estimate of drug-likeness (QED) is 0.830. The van der Waals surface area contributed by atoms with Crippen molar-refractivity contribution in [2.75, 3.05) is 12.3 Å². The molecule has 0 spiro atoms. The molecule has 0 saturated heterocycles. The molecule has 1 aromatic rings. The maximum absolute atomic E-state index is 12.3. The summed E-state index contributed by atoms with van der Waals surface area (Å²) in [5.41, 5.74) is 6.05. The zero-order chi connectivity index (χ0) is 14.8. The Hall–Kier alpha value is -1.58. The number of hydrogen-bond acceptors (Lipinski definition) is 4. The third-order valence-corrected chi connectivity index (χ3v) is 5.37. The van der Waals surface area contributed by atoms with Crippen LogP contribution in [0.2, 0.25) is 0 Å². The number of nitrogen functional groups attached to an aromatic ring is 1. The van der Waals surface area contributed by atoms with Gasteiger partial charge in [0.15, 0.2) is 0 Å². The molecule has 1 fully saturated rings. The van der Waals surface area contributed by atoms with E-state index in [0.29, 0.717) is 12.2 Å². The zero-order valence-corrected chi connectivity index (χ0v) is 12.3. The highest BCUT2D eigenvalue weighted by Crippen LogP contribution is 2.37. The highest BCUT2D eigenvalue weighted by molar-refractivity contribution is 7.89. The van der Waals surface area contributed by atoms with Crippen LogP contribution in [0.1, 0.15) is 38.2 Å². The van der Waals surface area contributed by atoms with Crippen molar-refractivity contribution in [2.24, 2.45) is 5.41 Å². The van der Waals surface area contributed by atoms with Crippen LogP contribution in [0, 0.1) is 16.7 Å². The second-order valence-corrected chi connectivity index (χ2v) is 7.45. The van der Waals surface area contributed by atoms with Gasteiger partial charge in [-0.2, -0.15) is 5.26 Å². The summed E-state index contributed by atoms with van der Waals surface area (Å²) >= 11 is 0. The lowest BCUT2D eigenvalue weighted by Crippen LogP contribution is -2.34. The average molecular weight is 293 g/mol. The van der Waals surface area contributed by atoms with E-state index in [1.54, 1.807) is 0 Å². The molecule has 5 nitrogen and oxygen atoms in total. The van der Waals surface area contributed by atoms with Crippen molar-refractivity contribution >= 4 is 15.7 Å². The van der Waals surface area contributed by atoms with Gasteiger partial charge in [-0.3, -0.25) is 0 Å². The van der Waals surface area contributed by atoms with Gasteiger partial charge in [-0.05, 0) is 36.5 Å². The average Bonchev–Trinajstić information content (AvgIpc) is 2.84. The molecule has 0 amide bonds. The molecule has 3 N–H and O–H groups in total. The van der Waals surface area contributed by atoms with Crippen LogP contribution in [0.25, 0.3) is 0 Å². The Labute approximate surface area is 119 Å². The van der Waals surface area contributed by atoms with E-state index >= 15 is 0 Å². The van der Waals surface area contributed by atoms with Crippen LogP contribution in [0.4, 0.5) is 5.69 Å². The van der Waals surface area contributed by atoms with Crippen LogP contribution >= 0.6 is 0 Å². The molecule has 0 aromatic heterocycles. The van der Waals surface area contributed by atoms with Gasteiger partial charge in [0.25, 0.3) is 0 Å². The van der Waals surface area contributed by atoms with E-state index in [2.05, 4.69) is 11.6 Å². The molecule has 0 atom stereocenters.